The maximum Gasteiger partial charge on any atom is 0.0937 e. The minimum Gasteiger partial charge on any atom is -0.257 e. The minimum absolute atomic E-state index is 0.896. The third kappa shape index (κ3) is 1.76. The minimum atomic E-state index is 0.896. The Balaban J connectivity index is 2.64. The first-order valence-corrected chi connectivity index (χ1v) is 4.68. The van der Waals surface area contributed by atoms with Crippen molar-refractivity contribution in [3.8, 4) is 0 Å². The summed E-state index contributed by atoms with van der Waals surface area (Å²) in [5.41, 5.74) is 3.74. The normalized spacial score (nSPS) is 11.0. The summed E-state index contributed by atoms with van der Waals surface area (Å²) >= 11 is 0. The molecule has 2 rings (SSSR count). The maximum atomic E-state index is 4.29. The van der Waals surface area contributed by atoms with Gasteiger partial charge in [0.1, 0.15) is 0 Å². The summed E-state index contributed by atoms with van der Waals surface area (Å²) in [7, 11) is 0. The second-order valence-electron chi connectivity index (χ2n) is 3.15. The molecule has 0 spiro atoms. The third-order valence-electron chi connectivity index (χ3n) is 2.18. The van der Waals surface area contributed by atoms with Crippen molar-refractivity contribution in [2.24, 2.45) is 4.99 Å². The number of aryl methyl sites for hydroxylation is 1. The van der Waals surface area contributed by atoms with E-state index in [-0.39, 0.29) is 0 Å². The summed E-state index contributed by atoms with van der Waals surface area (Å²) in [6.45, 7) is 5.58. The van der Waals surface area contributed by atoms with Gasteiger partial charge in [0.15, 0.2) is 0 Å². The van der Waals surface area contributed by atoms with Crippen LogP contribution in [0.15, 0.2) is 42.2 Å². The molecular formula is C12H11N3. The number of allylic oxidation sites excluding steroid dienone is 1. The summed E-state index contributed by atoms with van der Waals surface area (Å²) in [5.74, 6) is 0. The topological polar surface area (TPSA) is 38.1 Å². The van der Waals surface area contributed by atoms with Gasteiger partial charge in [-0.3, -0.25) is 15.0 Å². The molecule has 0 saturated heterocycles. The summed E-state index contributed by atoms with van der Waals surface area (Å²) in [6, 6.07) is 3.86. The highest BCUT2D eigenvalue weighted by Crippen LogP contribution is 2.24. The molecule has 15 heavy (non-hydrogen) atoms. The highest BCUT2D eigenvalue weighted by atomic mass is 14.8. The molecule has 2 aromatic rings. The SMILES string of the molecule is C=C/C=N\c1ccc2nccnc2c1C. The fourth-order valence-electron chi connectivity index (χ4n) is 1.44. The van der Waals surface area contributed by atoms with E-state index in [2.05, 4.69) is 21.5 Å². The van der Waals surface area contributed by atoms with E-state index in [1.165, 1.54) is 0 Å². The van der Waals surface area contributed by atoms with E-state index in [0.29, 0.717) is 0 Å². The molecule has 0 aliphatic rings. The number of hydrogen-bond acceptors (Lipinski definition) is 3. The summed E-state index contributed by atoms with van der Waals surface area (Å²) < 4.78 is 0. The van der Waals surface area contributed by atoms with Gasteiger partial charge in [0.25, 0.3) is 0 Å². The molecule has 74 valence electrons. The van der Waals surface area contributed by atoms with Gasteiger partial charge in [0.2, 0.25) is 0 Å². The number of nitrogens with zero attached hydrogens (tertiary/aromatic N) is 3. The van der Waals surface area contributed by atoms with E-state index in [0.717, 1.165) is 22.3 Å². The number of hydrogen-bond donors (Lipinski definition) is 0. The van der Waals surface area contributed by atoms with Gasteiger partial charge in [-0.2, -0.15) is 0 Å². The standard InChI is InChI=1S/C12H11N3/c1-3-6-13-10-4-5-11-12(9(10)2)15-8-7-14-11/h3-8H,1H2,2H3/b13-6-. The molecule has 3 heteroatoms. The van der Waals surface area contributed by atoms with Crippen molar-refractivity contribution in [3.63, 3.8) is 0 Å². The van der Waals surface area contributed by atoms with E-state index < -0.39 is 0 Å². The monoisotopic (exact) mass is 197 g/mol. The van der Waals surface area contributed by atoms with Crippen LogP contribution in [0.2, 0.25) is 0 Å². The van der Waals surface area contributed by atoms with Gasteiger partial charge >= 0.3 is 0 Å². The predicted molar refractivity (Wildman–Crippen MR) is 62.6 cm³/mol. The van der Waals surface area contributed by atoms with Gasteiger partial charge in [0.05, 0.1) is 16.7 Å². The van der Waals surface area contributed by atoms with Gasteiger partial charge in [-0.25, -0.2) is 0 Å². The van der Waals surface area contributed by atoms with Crippen LogP contribution in [0.25, 0.3) is 11.0 Å². The molecule has 0 amide bonds. The van der Waals surface area contributed by atoms with Crippen molar-refractivity contribution in [1.29, 1.82) is 0 Å². The molecule has 0 unspecified atom stereocenters. The summed E-state index contributed by atoms with van der Waals surface area (Å²) in [6.07, 6.45) is 6.70. The lowest BCUT2D eigenvalue weighted by Gasteiger charge is -2.02. The number of aromatic nitrogens is 2. The molecule has 3 nitrogen and oxygen atoms in total. The van der Waals surface area contributed by atoms with Crippen LogP contribution in [0, 0.1) is 6.92 Å². The van der Waals surface area contributed by atoms with Crippen LogP contribution in [-0.2, 0) is 0 Å². The average Bonchev–Trinajstić information content (AvgIpc) is 2.29. The van der Waals surface area contributed by atoms with E-state index >= 15 is 0 Å². The van der Waals surface area contributed by atoms with E-state index in [4.69, 9.17) is 0 Å². The number of aliphatic imine (C=N–C) groups is 1. The fraction of sp³-hybridized carbons (Fsp3) is 0.0833. The smallest absolute Gasteiger partial charge is 0.0937 e. The molecule has 1 aromatic heterocycles. The van der Waals surface area contributed by atoms with E-state index in [1.807, 2.05) is 19.1 Å². The zero-order chi connectivity index (χ0) is 10.7. The van der Waals surface area contributed by atoms with Gasteiger partial charge < -0.3 is 0 Å². The first-order valence-electron chi connectivity index (χ1n) is 4.68. The van der Waals surface area contributed by atoms with Crippen molar-refractivity contribution >= 4 is 22.9 Å². The Morgan fingerprint density at radius 3 is 2.87 bits per heavy atom. The lowest BCUT2D eigenvalue weighted by molar-refractivity contribution is 1.27. The molecule has 0 fully saturated rings. The van der Waals surface area contributed by atoms with Crippen molar-refractivity contribution in [1.82, 2.24) is 9.97 Å². The van der Waals surface area contributed by atoms with Gasteiger partial charge in [0, 0.05) is 24.2 Å². The second-order valence-corrected chi connectivity index (χ2v) is 3.15. The first-order chi connectivity index (χ1) is 7.33. The van der Waals surface area contributed by atoms with Crippen molar-refractivity contribution < 1.29 is 0 Å². The number of fused-ring (bicyclic) bond motifs is 1. The van der Waals surface area contributed by atoms with E-state index in [9.17, 15) is 0 Å². The number of benzene rings is 1. The largest absolute Gasteiger partial charge is 0.257 e. The van der Waals surface area contributed by atoms with Crippen LogP contribution < -0.4 is 0 Å². The van der Waals surface area contributed by atoms with Crippen molar-refractivity contribution in [3.05, 3.63) is 42.7 Å². The van der Waals surface area contributed by atoms with Crippen LogP contribution in [0.3, 0.4) is 0 Å². The van der Waals surface area contributed by atoms with Crippen LogP contribution in [-0.4, -0.2) is 16.2 Å². The zero-order valence-corrected chi connectivity index (χ0v) is 8.51. The van der Waals surface area contributed by atoms with Crippen LogP contribution in [0.4, 0.5) is 5.69 Å². The summed E-state index contributed by atoms with van der Waals surface area (Å²) in [4.78, 5) is 12.8. The average molecular weight is 197 g/mol. The maximum absolute atomic E-state index is 4.29. The van der Waals surface area contributed by atoms with E-state index in [1.54, 1.807) is 24.7 Å². The Hall–Kier alpha value is -2.03. The summed E-state index contributed by atoms with van der Waals surface area (Å²) in [5, 5.41) is 0. The molecule has 0 saturated carbocycles. The lowest BCUT2D eigenvalue weighted by Crippen LogP contribution is -1.86. The molecular weight excluding hydrogens is 186 g/mol. The van der Waals surface area contributed by atoms with Gasteiger partial charge in [-0.05, 0) is 19.1 Å². The third-order valence-corrected chi connectivity index (χ3v) is 2.18. The second kappa shape index (κ2) is 4.00. The Kier molecular flexibility index (Phi) is 2.54. The predicted octanol–water partition coefficient (Wildman–Crippen LogP) is 2.83. The fourth-order valence-corrected chi connectivity index (χ4v) is 1.44. The Bertz CT molecular complexity index is 529. The van der Waals surface area contributed by atoms with Gasteiger partial charge in [-0.1, -0.05) is 12.7 Å². The van der Waals surface area contributed by atoms with Crippen LogP contribution >= 0.6 is 0 Å². The highest BCUT2D eigenvalue weighted by Gasteiger charge is 2.02. The van der Waals surface area contributed by atoms with Crippen molar-refractivity contribution in [2.45, 2.75) is 6.92 Å². The quantitative estimate of drug-likeness (QED) is 0.694. The molecule has 0 aliphatic carbocycles. The molecule has 0 bridgehead atoms. The highest BCUT2D eigenvalue weighted by molar-refractivity contribution is 5.84. The molecule has 1 aromatic carbocycles. The Labute approximate surface area is 88.2 Å². The van der Waals surface area contributed by atoms with Crippen molar-refractivity contribution in [2.75, 3.05) is 0 Å². The van der Waals surface area contributed by atoms with Gasteiger partial charge in [-0.15, -0.1) is 0 Å². The molecule has 1 heterocycles. The van der Waals surface area contributed by atoms with Crippen LogP contribution in [0.1, 0.15) is 5.56 Å². The molecule has 0 radical (unpaired) electrons. The first kappa shape index (κ1) is 9.52. The molecule has 0 atom stereocenters. The number of rotatable bonds is 2. The Morgan fingerprint density at radius 1 is 1.27 bits per heavy atom. The zero-order valence-electron chi connectivity index (χ0n) is 8.51. The molecule has 0 aliphatic heterocycles. The Morgan fingerprint density at radius 2 is 2.07 bits per heavy atom. The van der Waals surface area contributed by atoms with Crippen LogP contribution in [0.5, 0.6) is 0 Å². The lowest BCUT2D eigenvalue weighted by atomic mass is 10.1. The molecule has 0 N–H and O–H groups in total.